The predicted octanol–water partition coefficient (Wildman–Crippen LogP) is 3.97. The number of imidazole rings is 1. The third kappa shape index (κ3) is 7.73. The Balaban J connectivity index is 1.71. The maximum atomic E-state index is 11.9. The molecule has 0 amide bonds. The molecule has 2 unspecified atom stereocenters. The van der Waals surface area contributed by atoms with Crippen LogP contribution in [0.15, 0.2) is 12.3 Å². The minimum atomic E-state index is -4.69. The Labute approximate surface area is 197 Å². The number of ether oxygens (including phenoxy) is 1. The molecule has 14 heteroatoms. The van der Waals surface area contributed by atoms with Crippen molar-refractivity contribution in [2.24, 2.45) is 0 Å². The van der Waals surface area contributed by atoms with E-state index in [1.807, 2.05) is 6.92 Å². The van der Waals surface area contributed by atoms with Crippen LogP contribution < -0.4 is 5.32 Å². The lowest BCUT2D eigenvalue weighted by atomic mass is 9.95. The molecule has 1 aliphatic carbocycles. The van der Waals surface area contributed by atoms with Gasteiger partial charge < -0.3 is 29.3 Å². The van der Waals surface area contributed by atoms with E-state index in [0.29, 0.717) is 23.3 Å². The lowest BCUT2D eigenvalue weighted by molar-refractivity contribution is 0.0440. The number of aromatic nitrogens is 3. The number of nitrogens with zero attached hydrogens (tertiary/aromatic N) is 3. The summed E-state index contributed by atoms with van der Waals surface area (Å²) in [5.74, 6) is -1.37. The molecule has 0 saturated heterocycles. The largest absolute Gasteiger partial charge is 0.379 e. The molecule has 0 aromatic carbocycles. The van der Waals surface area contributed by atoms with Crippen molar-refractivity contribution in [3.63, 3.8) is 0 Å². The first-order valence-corrected chi connectivity index (χ1v) is 14.8. The van der Waals surface area contributed by atoms with Crippen molar-refractivity contribution in [1.82, 2.24) is 14.6 Å². The molecule has 1 fully saturated rings. The summed E-state index contributed by atoms with van der Waals surface area (Å²) in [4.78, 5) is 32.1. The maximum absolute atomic E-state index is 11.9. The fourth-order valence-electron chi connectivity index (χ4n) is 4.09. The highest BCUT2D eigenvalue weighted by atomic mass is 35.5. The summed E-state index contributed by atoms with van der Waals surface area (Å²) in [7, 11) is -7.71. The van der Waals surface area contributed by atoms with Crippen LogP contribution in [0, 0.1) is 0 Å². The molecular formula is C19H31ClN4O7P2. The first kappa shape index (κ1) is 26.6. The molecule has 2 aromatic rings. The van der Waals surface area contributed by atoms with Crippen LogP contribution >= 0.6 is 26.8 Å². The van der Waals surface area contributed by atoms with E-state index in [-0.39, 0.29) is 12.5 Å². The van der Waals surface area contributed by atoms with E-state index in [2.05, 4.69) is 15.4 Å². The average Bonchev–Trinajstić information content (AvgIpc) is 3.14. The number of halogens is 1. The zero-order chi connectivity index (χ0) is 24.2. The normalized spacial score (nSPS) is 19.3. The number of hydrogen-bond acceptors (Lipinski definition) is 7. The molecule has 0 spiro atoms. The van der Waals surface area contributed by atoms with E-state index in [0.717, 1.165) is 24.2 Å². The van der Waals surface area contributed by atoms with Crippen molar-refractivity contribution in [2.45, 2.75) is 63.5 Å². The van der Waals surface area contributed by atoms with Gasteiger partial charge in [0.05, 0.1) is 30.3 Å². The number of fused-ring (bicyclic) bond motifs is 1. The van der Waals surface area contributed by atoms with E-state index in [1.54, 1.807) is 16.8 Å². The van der Waals surface area contributed by atoms with Crippen LogP contribution in [0.2, 0.25) is 5.15 Å². The quantitative estimate of drug-likeness (QED) is 0.317. The second-order valence-electron chi connectivity index (χ2n) is 8.51. The number of methoxy groups -OCH3 is 1. The SMILES string of the molecule is CO[C@H](COP(=O)(O)CP(=O)(O)O)CC(C)c1cnc2c(NC3CCCCC3)cc(Cl)nn12. The van der Waals surface area contributed by atoms with E-state index >= 15 is 0 Å². The lowest BCUT2D eigenvalue weighted by Gasteiger charge is -2.24. The molecule has 2 aromatic heterocycles. The third-order valence-electron chi connectivity index (χ3n) is 5.71. The summed E-state index contributed by atoms with van der Waals surface area (Å²) in [6.07, 6.45) is 7.35. The van der Waals surface area contributed by atoms with Gasteiger partial charge >= 0.3 is 15.2 Å². The minimum Gasteiger partial charge on any atom is -0.379 e. The Hall–Kier alpha value is -1.03. The van der Waals surface area contributed by atoms with Crippen LogP contribution in [0.1, 0.15) is 57.1 Å². The summed E-state index contributed by atoms with van der Waals surface area (Å²) >= 11 is 6.29. The van der Waals surface area contributed by atoms with Gasteiger partial charge in [0.15, 0.2) is 16.7 Å². The second kappa shape index (κ2) is 11.1. The molecule has 3 atom stereocenters. The van der Waals surface area contributed by atoms with Gasteiger partial charge in [0.25, 0.3) is 0 Å². The molecule has 3 rings (SSSR count). The average molecular weight is 525 g/mol. The van der Waals surface area contributed by atoms with Crippen molar-refractivity contribution in [1.29, 1.82) is 0 Å². The molecule has 2 heterocycles. The summed E-state index contributed by atoms with van der Waals surface area (Å²) in [6, 6.07) is 2.15. The van der Waals surface area contributed by atoms with Crippen molar-refractivity contribution in [2.75, 3.05) is 24.9 Å². The van der Waals surface area contributed by atoms with Gasteiger partial charge in [-0.15, -0.1) is 0 Å². The Bertz CT molecular complexity index is 1040. The first-order valence-electron chi connectivity index (χ1n) is 10.8. The van der Waals surface area contributed by atoms with Gasteiger partial charge in [0.1, 0.15) is 0 Å². The van der Waals surface area contributed by atoms with E-state index in [9.17, 15) is 14.0 Å². The molecule has 1 saturated carbocycles. The fraction of sp³-hybridized carbons (Fsp3) is 0.684. The van der Waals surface area contributed by atoms with E-state index in [1.165, 1.54) is 26.4 Å². The number of anilines is 1. The van der Waals surface area contributed by atoms with Crippen LogP contribution in [0.5, 0.6) is 0 Å². The minimum absolute atomic E-state index is 0.137. The molecular weight excluding hydrogens is 494 g/mol. The molecule has 1 aliphatic rings. The highest BCUT2D eigenvalue weighted by molar-refractivity contribution is 7.70. The van der Waals surface area contributed by atoms with Crippen molar-refractivity contribution >= 4 is 38.1 Å². The standard InChI is InChI=1S/C19H31ClN4O7P2/c1-13(8-15(30-2)11-31-33(28,29)12-32(25,26)27)17-10-21-19-16(9-18(20)23-24(17)19)22-14-6-4-3-5-7-14/h9-10,13-15,22H,3-8,11-12H2,1-2H3,(H,28,29)(H2,25,26,27)/t13?,15-/m0/s1. The van der Waals surface area contributed by atoms with Crippen molar-refractivity contribution in [3.8, 4) is 0 Å². The Morgan fingerprint density at radius 2 is 1.97 bits per heavy atom. The number of nitrogens with one attached hydrogen (secondary N) is 1. The fourth-order valence-corrected chi connectivity index (χ4v) is 6.86. The van der Waals surface area contributed by atoms with Gasteiger partial charge in [0, 0.05) is 25.1 Å². The Kier molecular flexibility index (Phi) is 8.97. The molecule has 11 nitrogen and oxygen atoms in total. The van der Waals surface area contributed by atoms with Crippen LogP contribution in [-0.2, 0) is 18.4 Å². The van der Waals surface area contributed by atoms with Gasteiger partial charge in [0.2, 0.25) is 0 Å². The van der Waals surface area contributed by atoms with Gasteiger partial charge in [-0.1, -0.05) is 37.8 Å². The van der Waals surface area contributed by atoms with Gasteiger partial charge in [-0.3, -0.25) is 9.13 Å². The zero-order valence-electron chi connectivity index (χ0n) is 18.6. The zero-order valence-corrected chi connectivity index (χ0v) is 21.2. The predicted molar refractivity (Wildman–Crippen MR) is 125 cm³/mol. The molecule has 0 bridgehead atoms. The van der Waals surface area contributed by atoms with Crippen LogP contribution in [-0.4, -0.2) is 61.0 Å². The number of hydrogen-bond donors (Lipinski definition) is 4. The summed E-state index contributed by atoms with van der Waals surface area (Å²) in [5.41, 5.74) is 2.27. The Morgan fingerprint density at radius 1 is 1.27 bits per heavy atom. The van der Waals surface area contributed by atoms with E-state index in [4.69, 9.17) is 30.6 Å². The topological polar surface area (TPSA) is 156 Å². The van der Waals surface area contributed by atoms with Crippen molar-refractivity contribution in [3.05, 3.63) is 23.1 Å². The molecule has 33 heavy (non-hydrogen) atoms. The summed E-state index contributed by atoms with van der Waals surface area (Å²) in [6.45, 7) is 1.63. The van der Waals surface area contributed by atoms with Crippen molar-refractivity contribution < 1.29 is 33.1 Å². The number of rotatable bonds is 11. The van der Waals surface area contributed by atoms with E-state index < -0.39 is 27.2 Å². The molecule has 0 aliphatic heterocycles. The third-order valence-corrected chi connectivity index (χ3v) is 9.35. The van der Waals surface area contributed by atoms with Gasteiger partial charge in [-0.05, 0) is 19.3 Å². The summed E-state index contributed by atoms with van der Waals surface area (Å²) in [5, 5.41) is 8.29. The Morgan fingerprint density at radius 3 is 2.61 bits per heavy atom. The monoisotopic (exact) mass is 524 g/mol. The molecule has 4 N–H and O–H groups in total. The lowest BCUT2D eigenvalue weighted by Crippen LogP contribution is -2.23. The second-order valence-corrected chi connectivity index (χ2v) is 12.9. The van der Waals surface area contributed by atoms with Crippen LogP contribution in [0.3, 0.4) is 0 Å². The molecule has 186 valence electrons. The highest BCUT2D eigenvalue weighted by Crippen LogP contribution is 2.55. The van der Waals surface area contributed by atoms with Gasteiger partial charge in [-0.2, -0.15) is 5.10 Å². The van der Waals surface area contributed by atoms with Crippen LogP contribution in [0.4, 0.5) is 5.69 Å². The highest BCUT2D eigenvalue weighted by Gasteiger charge is 2.32. The van der Waals surface area contributed by atoms with Gasteiger partial charge in [-0.25, -0.2) is 9.50 Å². The summed E-state index contributed by atoms with van der Waals surface area (Å²) < 4.78 is 34.9. The van der Waals surface area contributed by atoms with Crippen LogP contribution in [0.25, 0.3) is 5.65 Å². The maximum Gasteiger partial charge on any atom is 0.340 e. The molecule has 0 radical (unpaired) electrons. The first-order chi connectivity index (χ1) is 15.5. The smallest absolute Gasteiger partial charge is 0.340 e.